The Labute approximate surface area is 135 Å². The largest absolute Gasteiger partial charge is 0.493 e. The van der Waals surface area contributed by atoms with Gasteiger partial charge in [-0.25, -0.2) is 0 Å². The molecule has 0 aliphatic heterocycles. The summed E-state index contributed by atoms with van der Waals surface area (Å²) >= 11 is 0. The lowest BCUT2D eigenvalue weighted by atomic mass is 9.94. The fraction of sp³-hybridized carbons (Fsp3) is 0.684. The second-order valence-corrected chi connectivity index (χ2v) is 7.07. The molecule has 0 saturated heterocycles. The summed E-state index contributed by atoms with van der Waals surface area (Å²) in [5.41, 5.74) is -0.0523. The molecule has 0 aromatic heterocycles. The third kappa shape index (κ3) is 5.88. The van der Waals surface area contributed by atoms with Gasteiger partial charge in [-0.15, -0.1) is 0 Å². The molecule has 1 aliphatic rings. The molecule has 0 bridgehead atoms. The van der Waals surface area contributed by atoms with Gasteiger partial charge in [0.15, 0.2) is 0 Å². The van der Waals surface area contributed by atoms with Crippen molar-refractivity contribution in [3.05, 3.63) is 24.3 Å². The molecular formula is C19H30O3. The first-order valence-corrected chi connectivity index (χ1v) is 8.53. The van der Waals surface area contributed by atoms with Crippen molar-refractivity contribution in [2.75, 3.05) is 6.61 Å². The van der Waals surface area contributed by atoms with E-state index in [0.717, 1.165) is 50.2 Å². The topological polar surface area (TPSA) is 27.7 Å². The zero-order chi connectivity index (χ0) is 16.0. The molecular weight excluding hydrogens is 276 g/mol. The third-order valence-corrected chi connectivity index (χ3v) is 3.72. The number of ether oxygens (including phenoxy) is 3. The van der Waals surface area contributed by atoms with Crippen molar-refractivity contribution in [3.8, 4) is 11.5 Å². The average Bonchev–Trinajstić information content (AvgIpc) is 2.46. The highest BCUT2D eigenvalue weighted by Crippen LogP contribution is 2.29. The Morgan fingerprint density at radius 2 is 1.64 bits per heavy atom. The zero-order valence-corrected chi connectivity index (χ0v) is 14.4. The summed E-state index contributed by atoms with van der Waals surface area (Å²) in [6, 6.07) is 7.98. The molecule has 22 heavy (non-hydrogen) atoms. The first-order valence-electron chi connectivity index (χ1n) is 8.53. The Balaban J connectivity index is 1.80. The Hall–Kier alpha value is -1.22. The van der Waals surface area contributed by atoms with E-state index in [2.05, 4.69) is 27.7 Å². The maximum absolute atomic E-state index is 6.12. The van der Waals surface area contributed by atoms with Gasteiger partial charge in [-0.2, -0.15) is 0 Å². The van der Waals surface area contributed by atoms with Crippen LogP contribution in [0.1, 0.15) is 59.8 Å². The van der Waals surface area contributed by atoms with Gasteiger partial charge in [0, 0.05) is 6.07 Å². The molecule has 3 nitrogen and oxygen atoms in total. The molecule has 124 valence electrons. The third-order valence-electron chi connectivity index (χ3n) is 3.72. The van der Waals surface area contributed by atoms with E-state index in [0.29, 0.717) is 12.2 Å². The molecule has 0 unspecified atom stereocenters. The van der Waals surface area contributed by atoms with Crippen molar-refractivity contribution in [2.45, 2.75) is 77.6 Å². The fourth-order valence-corrected chi connectivity index (χ4v) is 2.82. The molecule has 2 rings (SSSR count). The summed E-state index contributed by atoms with van der Waals surface area (Å²) in [6.07, 6.45) is 5.95. The molecule has 1 saturated carbocycles. The van der Waals surface area contributed by atoms with Crippen LogP contribution in [-0.2, 0) is 4.74 Å². The fourth-order valence-electron chi connectivity index (χ4n) is 2.82. The van der Waals surface area contributed by atoms with Crippen molar-refractivity contribution in [1.29, 1.82) is 0 Å². The van der Waals surface area contributed by atoms with E-state index in [4.69, 9.17) is 14.2 Å². The zero-order valence-electron chi connectivity index (χ0n) is 14.4. The Morgan fingerprint density at radius 3 is 2.27 bits per heavy atom. The van der Waals surface area contributed by atoms with Crippen molar-refractivity contribution >= 4 is 0 Å². The van der Waals surface area contributed by atoms with Gasteiger partial charge < -0.3 is 14.2 Å². The van der Waals surface area contributed by atoms with Crippen LogP contribution in [0.3, 0.4) is 0 Å². The van der Waals surface area contributed by atoms with Gasteiger partial charge in [-0.1, -0.05) is 13.0 Å². The van der Waals surface area contributed by atoms with Crippen LogP contribution >= 0.6 is 0 Å². The second kappa shape index (κ2) is 7.87. The Morgan fingerprint density at radius 1 is 1.00 bits per heavy atom. The Kier molecular flexibility index (Phi) is 6.13. The summed E-state index contributed by atoms with van der Waals surface area (Å²) < 4.78 is 17.8. The molecule has 1 aliphatic carbocycles. The molecule has 1 fully saturated rings. The molecule has 0 atom stereocenters. The van der Waals surface area contributed by atoms with Crippen molar-refractivity contribution in [3.63, 3.8) is 0 Å². The summed E-state index contributed by atoms with van der Waals surface area (Å²) in [6.45, 7) is 9.23. The second-order valence-electron chi connectivity index (χ2n) is 7.07. The molecule has 1 aromatic rings. The Bertz CT molecular complexity index is 442. The van der Waals surface area contributed by atoms with Crippen LogP contribution in [-0.4, -0.2) is 24.4 Å². The van der Waals surface area contributed by atoms with Gasteiger partial charge in [0.05, 0.1) is 24.4 Å². The molecule has 3 heteroatoms. The maximum Gasteiger partial charge on any atom is 0.123 e. The molecule has 0 heterocycles. The van der Waals surface area contributed by atoms with E-state index < -0.39 is 0 Å². The molecule has 0 amide bonds. The van der Waals surface area contributed by atoms with Crippen LogP contribution in [0, 0.1) is 0 Å². The highest BCUT2D eigenvalue weighted by molar-refractivity contribution is 5.33. The van der Waals surface area contributed by atoms with Gasteiger partial charge in [0.25, 0.3) is 0 Å². The SMILES string of the molecule is CCCOc1cccc(OC2CCC(OC(C)(C)C)CC2)c1. The standard InChI is InChI=1S/C19H30O3/c1-5-13-20-17-7-6-8-18(14-17)21-15-9-11-16(12-10-15)22-19(2,3)4/h6-8,14-16H,5,9-13H2,1-4H3. The number of benzene rings is 1. The smallest absolute Gasteiger partial charge is 0.123 e. The molecule has 0 spiro atoms. The summed E-state index contributed by atoms with van der Waals surface area (Å²) in [4.78, 5) is 0. The molecule has 0 radical (unpaired) electrons. The lowest BCUT2D eigenvalue weighted by molar-refractivity contribution is -0.0832. The predicted octanol–water partition coefficient (Wildman–Crippen LogP) is 4.98. The minimum atomic E-state index is -0.0523. The van der Waals surface area contributed by atoms with Crippen molar-refractivity contribution in [1.82, 2.24) is 0 Å². The van der Waals surface area contributed by atoms with E-state index in [1.54, 1.807) is 0 Å². The normalized spacial score (nSPS) is 22.4. The van der Waals surface area contributed by atoms with Crippen LogP contribution in [0.4, 0.5) is 0 Å². The number of hydrogen-bond donors (Lipinski definition) is 0. The molecule has 1 aromatic carbocycles. The van der Waals surface area contributed by atoms with Gasteiger partial charge in [-0.3, -0.25) is 0 Å². The van der Waals surface area contributed by atoms with Gasteiger partial charge in [0.2, 0.25) is 0 Å². The van der Waals surface area contributed by atoms with E-state index >= 15 is 0 Å². The summed E-state index contributed by atoms with van der Waals surface area (Å²) in [5.74, 6) is 1.80. The lowest BCUT2D eigenvalue weighted by Crippen LogP contribution is -2.33. The van der Waals surface area contributed by atoms with Crippen LogP contribution < -0.4 is 9.47 Å². The van der Waals surface area contributed by atoms with E-state index in [9.17, 15) is 0 Å². The van der Waals surface area contributed by atoms with E-state index in [1.807, 2.05) is 24.3 Å². The van der Waals surface area contributed by atoms with E-state index in [-0.39, 0.29) is 5.60 Å². The van der Waals surface area contributed by atoms with Gasteiger partial charge in [-0.05, 0) is 65.0 Å². The van der Waals surface area contributed by atoms with E-state index in [1.165, 1.54) is 0 Å². The van der Waals surface area contributed by atoms with Gasteiger partial charge in [0.1, 0.15) is 11.5 Å². The minimum Gasteiger partial charge on any atom is -0.493 e. The summed E-state index contributed by atoms with van der Waals surface area (Å²) in [5, 5.41) is 0. The van der Waals surface area contributed by atoms with Crippen LogP contribution in [0.25, 0.3) is 0 Å². The predicted molar refractivity (Wildman–Crippen MR) is 89.7 cm³/mol. The summed E-state index contributed by atoms with van der Waals surface area (Å²) in [7, 11) is 0. The van der Waals surface area contributed by atoms with Crippen molar-refractivity contribution < 1.29 is 14.2 Å². The monoisotopic (exact) mass is 306 g/mol. The van der Waals surface area contributed by atoms with Crippen molar-refractivity contribution in [2.24, 2.45) is 0 Å². The maximum atomic E-state index is 6.12. The minimum absolute atomic E-state index is 0.0523. The number of hydrogen-bond acceptors (Lipinski definition) is 3. The first-order chi connectivity index (χ1) is 10.5. The quantitative estimate of drug-likeness (QED) is 0.742. The van der Waals surface area contributed by atoms with Crippen LogP contribution in [0.5, 0.6) is 11.5 Å². The highest BCUT2D eigenvalue weighted by Gasteiger charge is 2.26. The number of rotatable bonds is 6. The lowest BCUT2D eigenvalue weighted by Gasteiger charge is -2.33. The highest BCUT2D eigenvalue weighted by atomic mass is 16.5. The average molecular weight is 306 g/mol. The van der Waals surface area contributed by atoms with Crippen LogP contribution in [0.2, 0.25) is 0 Å². The molecule has 0 N–H and O–H groups in total. The van der Waals surface area contributed by atoms with Crippen LogP contribution in [0.15, 0.2) is 24.3 Å². The van der Waals surface area contributed by atoms with Gasteiger partial charge >= 0.3 is 0 Å². The first kappa shape index (κ1) is 17.1.